The van der Waals surface area contributed by atoms with Crippen LogP contribution in [0, 0.1) is 5.82 Å². The van der Waals surface area contributed by atoms with Crippen molar-refractivity contribution in [3.63, 3.8) is 0 Å². The van der Waals surface area contributed by atoms with Crippen LogP contribution in [-0.2, 0) is 6.54 Å². The van der Waals surface area contributed by atoms with Crippen LogP contribution in [0.4, 0.5) is 10.1 Å². The van der Waals surface area contributed by atoms with E-state index >= 15 is 0 Å². The third kappa shape index (κ3) is 3.41. The molecule has 0 unspecified atom stereocenters. The lowest BCUT2D eigenvalue weighted by Crippen LogP contribution is -2.25. The molecule has 0 spiro atoms. The monoisotopic (exact) mass is 389 g/mol. The molecule has 1 aromatic heterocycles. The van der Waals surface area contributed by atoms with Crippen LogP contribution in [0.15, 0.2) is 58.6 Å². The van der Waals surface area contributed by atoms with Crippen molar-refractivity contribution in [3.8, 4) is 11.1 Å². The summed E-state index contributed by atoms with van der Waals surface area (Å²) in [4.78, 5) is 15.5. The van der Waals surface area contributed by atoms with Crippen LogP contribution in [0.25, 0.3) is 21.6 Å². The molecule has 0 aliphatic heterocycles. The van der Waals surface area contributed by atoms with E-state index in [9.17, 15) is 9.18 Å². The molecule has 6 nitrogen and oxygen atoms in total. The molecule has 1 heterocycles. The van der Waals surface area contributed by atoms with Crippen LogP contribution < -0.4 is 5.56 Å². The number of hydrogen-bond donors (Lipinski definition) is 0. The minimum absolute atomic E-state index is 0.0742. The maximum Gasteiger partial charge on any atom is 0.276 e. The number of benzene rings is 2. The Kier molecular flexibility index (Phi) is 5.23. The summed E-state index contributed by atoms with van der Waals surface area (Å²) in [5, 5.41) is 7.14. The molecule has 3 rings (SSSR count). The Morgan fingerprint density at radius 3 is 2.54 bits per heavy atom. The molecule has 2 aromatic carbocycles. The number of nitrogens with zero attached hydrogens (tertiary/aromatic N) is 5. The van der Waals surface area contributed by atoms with E-state index in [1.807, 2.05) is 30.3 Å². The molecule has 26 heavy (non-hydrogen) atoms. The minimum Gasteiger partial charge on any atom is -0.267 e. The molecule has 0 fully saturated rings. The summed E-state index contributed by atoms with van der Waals surface area (Å²) in [7, 11) is 0. The molecule has 0 radical (unpaired) electrons. The molecular formula is C17H10Cl2FN5O. The average Bonchev–Trinajstić information content (AvgIpc) is 2.64. The highest BCUT2D eigenvalue weighted by Crippen LogP contribution is 2.37. The molecule has 0 saturated heterocycles. The molecular weight excluding hydrogens is 380 g/mol. The molecule has 0 aliphatic rings. The van der Waals surface area contributed by atoms with Gasteiger partial charge in [-0.25, -0.2) is 9.07 Å². The standard InChI is InChI=1S/C17H10Cl2FN5O/c18-11-6-7-13(23-24-21)15(16(11)20)14-12(19)8-22-25(17(14)26)9-10-4-2-1-3-5-10/h1-8H,9H2. The molecule has 0 amide bonds. The van der Waals surface area contributed by atoms with Gasteiger partial charge in [0.25, 0.3) is 5.56 Å². The molecule has 0 aliphatic carbocycles. The van der Waals surface area contributed by atoms with E-state index in [-0.39, 0.29) is 33.4 Å². The van der Waals surface area contributed by atoms with E-state index in [0.717, 1.165) is 10.2 Å². The van der Waals surface area contributed by atoms with Crippen LogP contribution in [-0.4, -0.2) is 9.78 Å². The lowest BCUT2D eigenvalue weighted by Gasteiger charge is -2.12. The molecule has 0 bridgehead atoms. The van der Waals surface area contributed by atoms with Gasteiger partial charge in [-0.2, -0.15) is 5.10 Å². The molecule has 0 atom stereocenters. The van der Waals surface area contributed by atoms with E-state index in [1.165, 1.54) is 18.3 Å². The second-order valence-electron chi connectivity index (χ2n) is 5.26. The SMILES string of the molecule is [N-]=[N+]=Nc1ccc(Cl)c(F)c1-c1c(Cl)cnn(Cc2ccccc2)c1=O. The van der Waals surface area contributed by atoms with Gasteiger partial charge in [-0.3, -0.25) is 4.79 Å². The predicted molar refractivity (Wildman–Crippen MR) is 98.3 cm³/mol. The Labute approximate surface area is 157 Å². The second-order valence-corrected chi connectivity index (χ2v) is 6.08. The van der Waals surface area contributed by atoms with E-state index in [1.54, 1.807) is 0 Å². The Morgan fingerprint density at radius 2 is 1.85 bits per heavy atom. The Morgan fingerprint density at radius 1 is 1.12 bits per heavy atom. The zero-order valence-electron chi connectivity index (χ0n) is 13.1. The van der Waals surface area contributed by atoms with Gasteiger partial charge < -0.3 is 0 Å². The minimum atomic E-state index is -0.895. The van der Waals surface area contributed by atoms with Gasteiger partial charge in [-0.1, -0.05) is 64.7 Å². The van der Waals surface area contributed by atoms with Gasteiger partial charge in [0.1, 0.15) is 5.82 Å². The van der Waals surface area contributed by atoms with Crippen molar-refractivity contribution in [3.05, 3.63) is 90.9 Å². The van der Waals surface area contributed by atoms with Gasteiger partial charge in [-0.05, 0) is 17.2 Å². The van der Waals surface area contributed by atoms with Crippen LogP contribution in [0.3, 0.4) is 0 Å². The van der Waals surface area contributed by atoms with Crippen LogP contribution in [0.5, 0.6) is 0 Å². The Bertz CT molecular complexity index is 1080. The van der Waals surface area contributed by atoms with Crippen molar-refractivity contribution < 1.29 is 4.39 Å². The normalized spacial score (nSPS) is 10.4. The smallest absolute Gasteiger partial charge is 0.267 e. The summed E-state index contributed by atoms with van der Waals surface area (Å²) < 4.78 is 15.8. The van der Waals surface area contributed by atoms with Crippen molar-refractivity contribution in [2.24, 2.45) is 5.11 Å². The van der Waals surface area contributed by atoms with Gasteiger partial charge in [0, 0.05) is 16.2 Å². The summed E-state index contributed by atoms with van der Waals surface area (Å²) in [6.07, 6.45) is 1.24. The fraction of sp³-hybridized carbons (Fsp3) is 0.0588. The van der Waals surface area contributed by atoms with Gasteiger partial charge >= 0.3 is 0 Å². The third-order valence-electron chi connectivity index (χ3n) is 3.65. The van der Waals surface area contributed by atoms with Gasteiger partial charge in [0.2, 0.25) is 0 Å². The number of aromatic nitrogens is 2. The summed E-state index contributed by atoms with van der Waals surface area (Å²) in [5.74, 6) is -0.895. The highest BCUT2D eigenvalue weighted by atomic mass is 35.5. The van der Waals surface area contributed by atoms with Crippen molar-refractivity contribution in [1.82, 2.24) is 9.78 Å². The van der Waals surface area contributed by atoms with Crippen molar-refractivity contribution in [2.45, 2.75) is 6.54 Å². The first-order valence-corrected chi connectivity index (χ1v) is 8.11. The van der Waals surface area contributed by atoms with Crippen LogP contribution in [0.2, 0.25) is 10.0 Å². The molecule has 130 valence electrons. The highest BCUT2D eigenvalue weighted by Gasteiger charge is 2.21. The first-order valence-electron chi connectivity index (χ1n) is 7.36. The molecule has 3 aromatic rings. The number of halogens is 3. The lowest BCUT2D eigenvalue weighted by atomic mass is 10.0. The number of azide groups is 1. The van der Waals surface area contributed by atoms with Gasteiger partial charge in [0.05, 0.1) is 28.4 Å². The quantitative estimate of drug-likeness (QED) is 0.342. The summed E-state index contributed by atoms with van der Waals surface area (Å²) >= 11 is 11.9. The maximum absolute atomic E-state index is 14.6. The fourth-order valence-corrected chi connectivity index (χ4v) is 2.85. The van der Waals surface area contributed by atoms with Gasteiger partial charge in [-0.15, -0.1) is 0 Å². The van der Waals surface area contributed by atoms with E-state index in [2.05, 4.69) is 15.1 Å². The average molecular weight is 390 g/mol. The third-order valence-corrected chi connectivity index (χ3v) is 4.23. The number of hydrogen-bond acceptors (Lipinski definition) is 3. The van der Waals surface area contributed by atoms with Gasteiger partial charge in [0.15, 0.2) is 0 Å². The fourth-order valence-electron chi connectivity index (χ4n) is 2.47. The molecule has 0 N–H and O–H groups in total. The van der Waals surface area contributed by atoms with Crippen LogP contribution in [0.1, 0.15) is 5.56 Å². The van der Waals surface area contributed by atoms with E-state index in [4.69, 9.17) is 28.7 Å². The van der Waals surface area contributed by atoms with Crippen molar-refractivity contribution in [1.29, 1.82) is 0 Å². The summed E-state index contributed by atoms with van der Waals surface area (Å²) in [5.41, 5.74) is 8.40. The molecule has 9 heteroatoms. The first kappa shape index (κ1) is 17.9. The summed E-state index contributed by atoms with van der Waals surface area (Å²) in [6, 6.07) is 11.7. The largest absolute Gasteiger partial charge is 0.276 e. The van der Waals surface area contributed by atoms with E-state index in [0.29, 0.717) is 0 Å². The molecule has 0 saturated carbocycles. The summed E-state index contributed by atoms with van der Waals surface area (Å²) in [6.45, 7) is 0.170. The number of rotatable bonds is 4. The second kappa shape index (κ2) is 7.58. The predicted octanol–water partition coefficient (Wildman–Crippen LogP) is 5.35. The topological polar surface area (TPSA) is 83.7 Å². The first-order chi connectivity index (χ1) is 12.5. The Balaban J connectivity index is 2.24. The van der Waals surface area contributed by atoms with Crippen molar-refractivity contribution in [2.75, 3.05) is 0 Å². The lowest BCUT2D eigenvalue weighted by molar-refractivity contribution is 0.625. The Hall–Kier alpha value is -2.86. The van der Waals surface area contributed by atoms with E-state index < -0.39 is 11.4 Å². The highest BCUT2D eigenvalue weighted by molar-refractivity contribution is 6.34. The zero-order valence-corrected chi connectivity index (χ0v) is 14.6. The van der Waals surface area contributed by atoms with Crippen molar-refractivity contribution >= 4 is 28.9 Å². The zero-order chi connectivity index (χ0) is 18.7. The maximum atomic E-state index is 14.6. The van der Waals surface area contributed by atoms with Crippen LogP contribution >= 0.6 is 23.2 Å².